The maximum Gasteiger partial charge on any atom is 0.417 e. The Morgan fingerprint density at radius 2 is 1.62 bits per heavy atom. The summed E-state index contributed by atoms with van der Waals surface area (Å²) in [5.74, 6) is -1.91. The maximum atomic E-state index is 10.5. The molecule has 0 unspecified atom stereocenters. The van der Waals surface area contributed by atoms with Gasteiger partial charge in [0.1, 0.15) is 0 Å². The van der Waals surface area contributed by atoms with Gasteiger partial charge in [0.25, 0.3) is 0 Å². The third-order valence-corrected chi connectivity index (χ3v) is 2.33. The second-order valence-electron chi connectivity index (χ2n) is 4.39. The first-order chi connectivity index (χ1) is 7.54. The maximum absolute atomic E-state index is 10.5. The normalized spacial score (nSPS) is 10.4. The molecule has 0 heterocycles. The summed E-state index contributed by atoms with van der Waals surface area (Å²) >= 11 is 0. The largest absolute Gasteiger partial charge is 0.473 e. The van der Waals surface area contributed by atoms with Gasteiger partial charge in [0.15, 0.2) is 0 Å². The fraction of sp³-hybridized carbons (Fsp3) is 0.833. The number of carbonyl (C=O) groups is 2. The molecule has 0 aliphatic rings. The summed E-state index contributed by atoms with van der Waals surface area (Å²) in [5, 5.41) is 8.23. The average molecular weight is 230 g/mol. The van der Waals surface area contributed by atoms with Crippen LogP contribution in [0.15, 0.2) is 0 Å². The molecule has 0 saturated heterocycles. The molecule has 1 N–H and O–H groups in total. The van der Waals surface area contributed by atoms with Gasteiger partial charge in [-0.25, -0.2) is 9.59 Å². The molecule has 0 aromatic heterocycles. The van der Waals surface area contributed by atoms with E-state index >= 15 is 0 Å². The molecule has 0 radical (unpaired) electrons. The molecule has 0 saturated carbocycles. The highest BCUT2D eigenvalue weighted by Gasteiger charge is 2.11. The molecule has 94 valence electrons. The van der Waals surface area contributed by atoms with Crippen molar-refractivity contribution >= 4 is 11.9 Å². The lowest BCUT2D eigenvalue weighted by molar-refractivity contribution is -0.163. The Balaban J connectivity index is 3.16. The zero-order chi connectivity index (χ0) is 12.4. The molecule has 0 atom stereocenters. The van der Waals surface area contributed by atoms with Crippen LogP contribution in [0.25, 0.3) is 0 Å². The Morgan fingerprint density at radius 3 is 2.19 bits per heavy atom. The van der Waals surface area contributed by atoms with Crippen molar-refractivity contribution in [3.8, 4) is 0 Å². The van der Waals surface area contributed by atoms with Crippen LogP contribution in [0.3, 0.4) is 0 Å². The van der Waals surface area contributed by atoms with E-state index in [1.165, 1.54) is 19.3 Å². The van der Waals surface area contributed by atoms with E-state index in [9.17, 15) is 9.59 Å². The van der Waals surface area contributed by atoms with Gasteiger partial charge in [-0.1, -0.05) is 46.0 Å². The molecular formula is C12H22O4. The molecule has 0 bridgehead atoms. The fourth-order valence-corrected chi connectivity index (χ4v) is 1.41. The molecule has 4 heteroatoms. The minimum absolute atomic E-state index is 0.218. The van der Waals surface area contributed by atoms with Crippen molar-refractivity contribution in [3.63, 3.8) is 0 Å². The molecule has 0 aromatic rings. The smallest absolute Gasteiger partial charge is 0.417 e. The Bertz CT molecular complexity index is 211. The van der Waals surface area contributed by atoms with Crippen molar-refractivity contribution in [1.82, 2.24) is 0 Å². The van der Waals surface area contributed by atoms with E-state index in [-0.39, 0.29) is 6.61 Å². The summed E-state index contributed by atoms with van der Waals surface area (Å²) < 4.78 is 4.51. The van der Waals surface area contributed by atoms with E-state index < -0.39 is 11.9 Å². The summed E-state index contributed by atoms with van der Waals surface area (Å²) in [6.45, 7) is 4.64. The Morgan fingerprint density at radius 1 is 1.06 bits per heavy atom. The predicted molar refractivity (Wildman–Crippen MR) is 61.1 cm³/mol. The first-order valence-corrected chi connectivity index (χ1v) is 5.94. The number of carboxylic acids is 1. The van der Waals surface area contributed by atoms with E-state index in [0.29, 0.717) is 0 Å². The SMILES string of the molecule is CC(C)CCCCCCCOC(=O)C(=O)O. The van der Waals surface area contributed by atoms with Gasteiger partial charge < -0.3 is 9.84 Å². The first-order valence-electron chi connectivity index (χ1n) is 5.94. The summed E-state index contributed by atoms with van der Waals surface area (Å²) in [6, 6.07) is 0. The van der Waals surface area contributed by atoms with Crippen molar-refractivity contribution in [2.24, 2.45) is 5.92 Å². The van der Waals surface area contributed by atoms with Crippen LogP contribution < -0.4 is 0 Å². The molecule has 0 rings (SSSR count). The molecule has 0 amide bonds. The van der Waals surface area contributed by atoms with Crippen molar-refractivity contribution in [2.75, 3.05) is 6.61 Å². The van der Waals surface area contributed by atoms with Crippen LogP contribution in [-0.4, -0.2) is 23.7 Å². The minimum Gasteiger partial charge on any atom is -0.473 e. The Labute approximate surface area is 97.0 Å². The van der Waals surface area contributed by atoms with Gasteiger partial charge in [-0.15, -0.1) is 0 Å². The van der Waals surface area contributed by atoms with Crippen molar-refractivity contribution in [3.05, 3.63) is 0 Å². The number of unbranched alkanes of at least 4 members (excludes halogenated alkanes) is 4. The summed E-state index contributed by atoms with van der Waals surface area (Å²) in [5.41, 5.74) is 0. The summed E-state index contributed by atoms with van der Waals surface area (Å²) in [6.07, 6.45) is 6.56. The van der Waals surface area contributed by atoms with Gasteiger partial charge in [-0.05, 0) is 12.3 Å². The molecule has 0 aromatic carbocycles. The van der Waals surface area contributed by atoms with Crippen LogP contribution in [0.4, 0.5) is 0 Å². The van der Waals surface area contributed by atoms with Gasteiger partial charge in [-0.3, -0.25) is 0 Å². The van der Waals surface area contributed by atoms with E-state index in [4.69, 9.17) is 5.11 Å². The van der Waals surface area contributed by atoms with Crippen molar-refractivity contribution < 1.29 is 19.4 Å². The highest BCUT2D eigenvalue weighted by Crippen LogP contribution is 2.10. The molecule has 4 nitrogen and oxygen atoms in total. The van der Waals surface area contributed by atoms with Gasteiger partial charge in [0.2, 0.25) is 0 Å². The number of carbonyl (C=O) groups excluding carboxylic acids is 1. The first kappa shape index (κ1) is 14.9. The van der Waals surface area contributed by atoms with Gasteiger partial charge in [0.05, 0.1) is 6.61 Å². The van der Waals surface area contributed by atoms with Gasteiger partial charge in [-0.2, -0.15) is 0 Å². The van der Waals surface area contributed by atoms with Crippen LogP contribution in [0.2, 0.25) is 0 Å². The van der Waals surface area contributed by atoms with Gasteiger partial charge in [0, 0.05) is 0 Å². The van der Waals surface area contributed by atoms with E-state index in [2.05, 4.69) is 18.6 Å². The molecule has 0 aliphatic heterocycles. The quantitative estimate of drug-likeness (QED) is 0.395. The van der Waals surface area contributed by atoms with Crippen LogP contribution in [-0.2, 0) is 14.3 Å². The highest BCUT2D eigenvalue weighted by molar-refractivity contribution is 6.28. The number of carboxylic acid groups (broad SMARTS) is 1. The molecule has 0 spiro atoms. The number of rotatable bonds is 8. The number of hydrogen-bond donors (Lipinski definition) is 1. The standard InChI is InChI=1S/C12H22O4/c1-10(2)8-6-4-3-5-7-9-16-12(15)11(13)14/h10H,3-9H2,1-2H3,(H,13,14). The van der Waals surface area contributed by atoms with Crippen LogP contribution in [0.1, 0.15) is 52.4 Å². The Kier molecular flexibility index (Phi) is 8.58. The lowest BCUT2D eigenvalue weighted by Gasteiger charge is -2.04. The van der Waals surface area contributed by atoms with Crippen LogP contribution >= 0.6 is 0 Å². The summed E-state index contributed by atoms with van der Waals surface area (Å²) in [7, 11) is 0. The van der Waals surface area contributed by atoms with E-state index in [1.807, 2.05) is 0 Å². The average Bonchev–Trinajstić information content (AvgIpc) is 2.21. The predicted octanol–water partition coefficient (Wildman–Crippen LogP) is 2.61. The molecular weight excluding hydrogens is 208 g/mol. The number of esters is 1. The van der Waals surface area contributed by atoms with Crippen molar-refractivity contribution in [1.29, 1.82) is 0 Å². The van der Waals surface area contributed by atoms with Crippen molar-refractivity contribution in [2.45, 2.75) is 52.4 Å². The van der Waals surface area contributed by atoms with E-state index in [1.54, 1.807) is 0 Å². The molecule has 16 heavy (non-hydrogen) atoms. The second-order valence-corrected chi connectivity index (χ2v) is 4.39. The third kappa shape index (κ3) is 9.49. The molecule has 0 aliphatic carbocycles. The topological polar surface area (TPSA) is 63.6 Å². The highest BCUT2D eigenvalue weighted by atomic mass is 16.6. The lowest BCUT2D eigenvalue weighted by atomic mass is 10.0. The van der Waals surface area contributed by atoms with Crippen LogP contribution in [0.5, 0.6) is 0 Å². The zero-order valence-electron chi connectivity index (χ0n) is 10.2. The number of aliphatic carboxylic acids is 1. The third-order valence-electron chi connectivity index (χ3n) is 2.33. The lowest BCUT2D eigenvalue weighted by Crippen LogP contribution is -2.16. The minimum atomic E-state index is -1.52. The number of hydrogen-bond acceptors (Lipinski definition) is 3. The second kappa shape index (κ2) is 9.19. The summed E-state index contributed by atoms with van der Waals surface area (Å²) in [4.78, 5) is 20.6. The Hall–Kier alpha value is -1.06. The fourth-order valence-electron chi connectivity index (χ4n) is 1.41. The number of ether oxygens (including phenoxy) is 1. The van der Waals surface area contributed by atoms with Gasteiger partial charge >= 0.3 is 11.9 Å². The van der Waals surface area contributed by atoms with Crippen LogP contribution in [0, 0.1) is 5.92 Å². The van der Waals surface area contributed by atoms with E-state index in [0.717, 1.165) is 25.2 Å². The zero-order valence-corrected chi connectivity index (χ0v) is 10.2. The monoisotopic (exact) mass is 230 g/mol. The molecule has 0 fully saturated rings.